The number of fused-ring (bicyclic) bond motifs is 10. The van der Waals surface area contributed by atoms with E-state index < -0.39 is 5.41 Å². The molecular formula is C54H37N3. The lowest BCUT2D eigenvalue weighted by atomic mass is 9.67. The fourth-order valence-corrected chi connectivity index (χ4v) is 10.3. The van der Waals surface area contributed by atoms with Crippen LogP contribution in [0.1, 0.15) is 47.4 Å². The lowest BCUT2D eigenvalue weighted by Crippen LogP contribution is -2.28. The second-order valence-electron chi connectivity index (χ2n) is 16.1. The number of aromatic nitrogens is 3. The molecule has 0 spiro atoms. The predicted molar refractivity (Wildman–Crippen MR) is 234 cm³/mol. The summed E-state index contributed by atoms with van der Waals surface area (Å²) in [5, 5.41) is 4.82. The second kappa shape index (κ2) is 11.7. The van der Waals surface area contributed by atoms with Crippen LogP contribution in [0.3, 0.4) is 0 Å². The Bertz CT molecular complexity index is 3220. The smallest absolute Gasteiger partial charge is 0.164 e. The monoisotopic (exact) mass is 727 g/mol. The van der Waals surface area contributed by atoms with Gasteiger partial charge in [-0.2, -0.15) is 0 Å². The van der Waals surface area contributed by atoms with Crippen LogP contribution in [0, 0.1) is 0 Å². The van der Waals surface area contributed by atoms with Crippen LogP contribution >= 0.6 is 0 Å². The average Bonchev–Trinajstić information content (AvgIpc) is 3.84. The molecule has 0 fully saturated rings. The SMILES string of the molecule is CC1(C)c2ccccc2-c2nc(-c3cccc4c3-c3ccccc3C4(c3ccccc3)c3ccccc3)c(-n3c4ccccc4c4cc5ccccc5cc43)nc21. The van der Waals surface area contributed by atoms with Crippen LogP contribution in [0.15, 0.2) is 188 Å². The van der Waals surface area contributed by atoms with Gasteiger partial charge in [0.05, 0.1) is 27.8 Å². The zero-order valence-electron chi connectivity index (χ0n) is 31.7. The molecule has 0 saturated carbocycles. The van der Waals surface area contributed by atoms with E-state index in [1.807, 2.05) is 0 Å². The molecule has 268 valence electrons. The van der Waals surface area contributed by atoms with Crippen molar-refractivity contribution in [1.29, 1.82) is 0 Å². The number of rotatable bonds is 4. The highest BCUT2D eigenvalue weighted by atomic mass is 15.1. The van der Waals surface area contributed by atoms with Crippen molar-refractivity contribution >= 4 is 32.6 Å². The van der Waals surface area contributed by atoms with Crippen molar-refractivity contribution in [3.8, 4) is 39.5 Å². The Balaban J connectivity index is 1.25. The lowest BCUT2D eigenvalue weighted by molar-refractivity contribution is 0.633. The summed E-state index contributed by atoms with van der Waals surface area (Å²) in [7, 11) is 0. The summed E-state index contributed by atoms with van der Waals surface area (Å²) < 4.78 is 2.39. The minimum absolute atomic E-state index is 0.335. The molecule has 0 N–H and O–H groups in total. The molecule has 10 aromatic rings. The highest BCUT2D eigenvalue weighted by Crippen LogP contribution is 2.59. The summed E-state index contributed by atoms with van der Waals surface area (Å²) in [5.41, 5.74) is 15.1. The Hall–Kier alpha value is -7.10. The Kier molecular flexibility index (Phi) is 6.61. The van der Waals surface area contributed by atoms with Crippen molar-refractivity contribution in [2.75, 3.05) is 0 Å². The Morgan fingerprint density at radius 1 is 0.421 bits per heavy atom. The van der Waals surface area contributed by atoms with Gasteiger partial charge in [-0.05, 0) is 67.9 Å². The van der Waals surface area contributed by atoms with Crippen molar-refractivity contribution in [1.82, 2.24) is 14.5 Å². The third-order valence-electron chi connectivity index (χ3n) is 12.8. The van der Waals surface area contributed by atoms with Crippen molar-refractivity contribution in [2.45, 2.75) is 24.7 Å². The number of nitrogens with zero attached hydrogens (tertiary/aromatic N) is 3. The van der Waals surface area contributed by atoms with E-state index in [4.69, 9.17) is 9.97 Å². The molecule has 12 rings (SSSR count). The van der Waals surface area contributed by atoms with Crippen LogP contribution in [0.2, 0.25) is 0 Å². The van der Waals surface area contributed by atoms with Crippen LogP contribution in [0.5, 0.6) is 0 Å². The van der Waals surface area contributed by atoms with Gasteiger partial charge in [0.25, 0.3) is 0 Å². The molecular weight excluding hydrogens is 691 g/mol. The maximum atomic E-state index is 5.85. The fraction of sp³-hybridized carbons (Fsp3) is 0.0741. The van der Waals surface area contributed by atoms with Crippen LogP contribution in [-0.2, 0) is 10.8 Å². The normalized spacial score (nSPS) is 14.4. The third kappa shape index (κ3) is 4.26. The van der Waals surface area contributed by atoms with E-state index in [-0.39, 0.29) is 5.41 Å². The van der Waals surface area contributed by atoms with E-state index in [1.165, 1.54) is 60.5 Å². The van der Waals surface area contributed by atoms with Gasteiger partial charge >= 0.3 is 0 Å². The van der Waals surface area contributed by atoms with E-state index in [0.717, 1.165) is 45.1 Å². The first-order valence-electron chi connectivity index (χ1n) is 19.8. The van der Waals surface area contributed by atoms with E-state index in [0.29, 0.717) is 0 Å². The first-order valence-corrected chi connectivity index (χ1v) is 19.8. The van der Waals surface area contributed by atoms with Crippen molar-refractivity contribution in [2.24, 2.45) is 0 Å². The first kappa shape index (κ1) is 32.2. The fourth-order valence-electron chi connectivity index (χ4n) is 10.3. The molecule has 2 aliphatic carbocycles. The van der Waals surface area contributed by atoms with E-state index in [2.05, 4.69) is 206 Å². The first-order chi connectivity index (χ1) is 28.0. The Morgan fingerprint density at radius 3 is 1.75 bits per heavy atom. The molecule has 2 heterocycles. The zero-order chi connectivity index (χ0) is 37.9. The standard InChI is InChI=1S/C54H37N3/c1-53(2)43-28-14-12-26-40(43)49-51(53)56-52(57-46-31-16-13-24-38(46)42-32-34-18-9-10-19-35(34)33-47(42)57)50(55-49)41-27-17-30-45-48(41)39-25-11-15-29-44(39)54(45,36-20-5-3-6-21-36)37-22-7-4-8-23-37/h3-33H,1-2H3. The van der Waals surface area contributed by atoms with Crippen LogP contribution in [0.25, 0.3) is 72.0 Å². The third-order valence-corrected chi connectivity index (χ3v) is 12.8. The second-order valence-corrected chi connectivity index (χ2v) is 16.1. The molecule has 0 unspecified atom stereocenters. The number of para-hydroxylation sites is 1. The molecule has 8 aromatic carbocycles. The van der Waals surface area contributed by atoms with Crippen molar-refractivity contribution in [3.63, 3.8) is 0 Å². The van der Waals surface area contributed by atoms with E-state index in [1.54, 1.807) is 0 Å². The molecule has 2 aromatic heterocycles. The molecule has 0 aliphatic heterocycles. The van der Waals surface area contributed by atoms with Crippen LogP contribution < -0.4 is 0 Å². The number of hydrogen-bond acceptors (Lipinski definition) is 2. The van der Waals surface area contributed by atoms with Crippen LogP contribution in [-0.4, -0.2) is 14.5 Å². The van der Waals surface area contributed by atoms with Crippen LogP contribution in [0.4, 0.5) is 0 Å². The van der Waals surface area contributed by atoms with Gasteiger partial charge in [0.2, 0.25) is 0 Å². The van der Waals surface area contributed by atoms with Crippen molar-refractivity contribution < 1.29 is 0 Å². The summed E-state index contributed by atoms with van der Waals surface area (Å²) in [6.45, 7) is 4.58. The van der Waals surface area contributed by atoms with Gasteiger partial charge < -0.3 is 0 Å². The molecule has 2 aliphatic rings. The quantitative estimate of drug-likeness (QED) is 0.181. The maximum absolute atomic E-state index is 5.85. The number of benzene rings is 8. The van der Waals surface area contributed by atoms with Crippen molar-refractivity contribution in [3.05, 3.63) is 222 Å². The summed E-state index contributed by atoms with van der Waals surface area (Å²) in [6.07, 6.45) is 0. The maximum Gasteiger partial charge on any atom is 0.164 e. The molecule has 0 amide bonds. The van der Waals surface area contributed by atoms with Gasteiger partial charge in [-0.3, -0.25) is 4.57 Å². The number of hydrogen-bond donors (Lipinski definition) is 0. The van der Waals surface area contributed by atoms with Gasteiger partial charge in [-0.15, -0.1) is 0 Å². The molecule has 0 radical (unpaired) electrons. The van der Waals surface area contributed by atoms with Gasteiger partial charge in [0, 0.05) is 27.3 Å². The lowest BCUT2D eigenvalue weighted by Gasteiger charge is -2.34. The Morgan fingerprint density at radius 2 is 1.00 bits per heavy atom. The minimum Gasteiger partial charge on any atom is -0.292 e. The summed E-state index contributed by atoms with van der Waals surface area (Å²) in [5.74, 6) is 0.846. The topological polar surface area (TPSA) is 30.7 Å². The van der Waals surface area contributed by atoms with E-state index >= 15 is 0 Å². The Labute approximate surface area is 331 Å². The summed E-state index contributed by atoms with van der Waals surface area (Å²) in [6, 6.07) is 68.7. The van der Waals surface area contributed by atoms with Gasteiger partial charge in [0.15, 0.2) is 5.82 Å². The molecule has 3 nitrogen and oxygen atoms in total. The zero-order valence-corrected chi connectivity index (χ0v) is 31.7. The highest BCUT2D eigenvalue weighted by Gasteiger charge is 2.47. The molecule has 0 bridgehead atoms. The molecule has 0 saturated heterocycles. The largest absolute Gasteiger partial charge is 0.292 e. The van der Waals surface area contributed by atoms with E-state index in [9.17, 15) is 0 Å². The average molecular weight is 728 g/mol. The predicted octanol–water partition coefficient (Wildman–Crippen LogP) is 13.1. The minimum atomic E-state index is -0.533. The summed E-state index contributed by atoms with van der Waals surface area (Å²) >= 11 is 0. The van der Waals surface area contributed by atoms with Gasteiger partial charge in [-0.1, -0.05) is 184 Å². The van der Waals surface area contributed by atoms with Gasteiger partial charge in [0.1, 0.15) is 5.69 Å². The molecule has 0 atom stereocenters. The molecule has 57 heavy (non-hydrogen) atoms. The molecule has 3 heteroatoms. The highest BCUT2D eigenvalue weighted by molar-refractivity contribution is 6.14. The van der Waals surface area contributed by atoms with Gasteiger partial charge in [-0.25, -0.2) is 9.97 Å². The summed E-state index contributed by atoms with van der Waals surface area (Å²) in [4.78, 5) is 11.7.